The largest absolute Gasteiger partial charge is 0.463 e. The number of unbranched alkanes of at least 4 members (excludes halogenated alkanes) is 13. The third kappa shape index (κ3) is 16.2. The van der Waals surface area contributed by atoms with Crippen molar-refractivity contribution in [3.8, 4) is 0 Å². The first kappa shape index (κ1) is 35.8. The van der Waals surface area contributed by atoms with E-state index in [0.717, 1.165) is 19.3 Å². The molecule has 0 radical (unpaired) electrons. The standard InChI is InChI=1S/C30H53NO9/c1-6-7-8-9-10-11-12-13-14-15-16-17-18-19-20-36-30-27(31-22(2)32)29(39-25(5)35)28(38-24(4)34)26(40-30)21-37-23(3)33/h26-30H,6-21H2,1-5H3,(H,31,32)/t26-,27+,28+,29-,30-/m1/s1. The minimum atomic E-state index is -1.11. The molecule has 0 aromatic rings. The summed E-state index contributed by atoms with van der Waals surface area (Å²) >= 11 is 0. The minimum absolute atomic E-state index is 0.240. The van der Waals surface area contributed by atoms with Gasteiger partial charge in [0.15, 0.2) is 18.5 Å². The summed E-state index contributed by atoms with van der Waals surface area (Å²) in [6.45, 7) is 7.37. The fraction of sp³-hybridized carbons (Fsp3) is 0.867. The van der Waals surface area contributed by atoms with Gasteiger partial charge in [0.2, 0.25) is 5.91 Å². The van der Waals surface area contributed by atoms with Crippen LogP contribution in [0, 0.1) is 0 Å². The van der Waals surface area contributed by atoms with Gasteiger partial charge in [0.25, 0.3) is 0 Å². The van der Waals surface area contributed by atoms with Crippen molar-refractivity contribution in [3.63, 3.8) is 0 Å². The Balaban J connectivity index is 2.55. The Morgan fingerprint density at radius 1 is 0.650 bits per heavy atom. The van der Waals surface area contributed by atoms with Gasteiger partial charge in [-0.05, 0) is 6.42 Å². The first-order chi connectivity index (χ1) is 19.1. The molecule has 10 heteroatoms. The molecule has 0 saturated carbocycles. The van der Waals surface area contributed by atoms with E-state index in [4.69, 9.17) is 23.7 Å². The molecule has 5 atom stereocenters. The molecule has 0 spiro atoms. The van der Waals surface area contributed by atoms with Gasteiger partial charge in [0, 0.05) is 34.3 Å². The zero-order valence-corrected chi connectivity index (χ0v) is 25.4. The molecule has 1 rings (SSSR count). The van der Waals surface area contributed by atoms with E-state index in [1.54, 1.807) is 0 Å². The molecule has 0 unspecified atom stereocenters. The van der Waals surface area contributed by atoms with Crippen LogP contribution in [0.1, 0.15) is 125 Å². The van der Waals surface area contributed by atoms with Crippen molar-refractivity contribution in [2.24, 2.45) is 0 Å². The first-order valence-electron chi connectivity index (χ1n) is 15.2. The maximum absolute atomic E-state index is 12.0. The number of carbonyl (C=O) groups is 4. The zero-order valence-electron chi connectivity index (χ0n) is 25.4. The lowest BCUT2D eigenvalue weighted by molar-refractivity contribution is -0.277. The van der Waals surface area contributed by atoms with Crippen molar-refractivity contribution in [2.75, 3.05) is 13.2 Å². The highest BCUT2D eigenvalue weighted by atomic mass is 16.7. The van der Waals surface area contributed by atoms with Crippen molar-refractivity contribution < 1.29 is 42.9 Å². The number of amides is 1. The van der Waals surface area contributed by atoms with E-state index in [2.05, 4.69) is 12.2 Å². The second kappa shape index (κ2) is 21.5. The molecule has 0 bridgehead atoms. The molecule has 1 fully saturated rings. The molecule has 1 saturated heterocycles. The Bertz CT molecular complexity index is 745. The van der Waals surface area contributed by atoms with Gasteiger partial charge in [-0.25, -0.2) is 0 Å². The number of nitrogens with one attached hydrogen (secondary N) is 1. The molecule has 0 aromatic carbocycles. The molecule has 1 N–H and O–H groups in total. The topological polar surface area (TPSA) is 126 Å². The van der Waals surface area contributed by atoms with Crippen LogP contribution < -0.4 is 5.32 Å². The summed E-state index contributed by atoms with van der Waals surface area (Å²) in [5.41, 5.74) is 0. The van der Waals surface area contributed by atoms with Crippen molar-refractivity contribution in [1.82, 2.24) is 5.32 Å². The van der Waals surface area contributed by atoms with Crippen LogP contribution in [0.5, 0.6) is 0 Å². The Morgan fingerprint density at radius 2 is 1.12 bits per heavy atom. The number of carbonyl (C=O) groups excluding carboxylic acids is 4. The average molecular weight is 572 g/mol. The lowest BCUT2D eigenvalue weighted by Crippen LogP contribution is -2.66. The first-order valence-corrected chi connectivity index (χ1v) is 15.2. The summed E-state index contributed by atoms with van der Waals surface area (Å²) in [5, 5.41) is 2.71. The summed E-state index contributed by atoms with van der Waals surface area (Å²) in [7, 11) is 0. The molecule has 0 aromatic heterocycles. The summed E-state index contributed by atoms with van der Waals surface area (Å²) in [6.07, 6.45) is 13.2. The average Bonchev–Trinajstić information content (AvgIpc) is 2.87. The highest BCUT2D eigenvalue weighted by molar-refractivity contribution is 5.73. The summed E-state index contributed by atoms with van der Waals surface area (Å²) in [5.74, 6) is -2.20. The van der Waals surface area contributed by atoms with Gasteiger partial charge in [-0.1, -0.05) is 90.4 Å². The van der Waals surface area contributed by atoms with Crippen LogP contribution in [0.4, 0.5) is 0 Å². The summed E-state index contributed by atoms with van der Waals surface area (Å²) in [4.78, 5) is 47.2. The second-order valence-corrected chi connectivity index (χ2v) is 10.7. The molecule has 232 valence electrons. The van der Waals surface area contributed by atoms with Crippen LogP contribution in [0.2, 0.25) is 0 Å². The van der Waals surface area contributed by atoms with Gasteiger partial charge in [-0.15, -0.1) is 0 Å². The Morgan fingerprint density at radius 3 is 1.57 bits per heavy atom. The summed E-state index contributed by atoms with van der Waals surface area (Å²) in [6, 6.07) is -0.925. The van der Waals surface area contributed by atoms with Gasteiger partial charge in [-0.2, -0.15) is 0 Å². The quantitative estimate of drug-likeness (QED) is 0.113. The van der Waals surface area contributed by atoms with Crippen molar-refractivity contribution in [3.05, 3.63) is 0 Å². The van der Waals surface area contributed by atoms with E-state index >= 15 is 0 Å². The molecule has 1 heterocycles. The Hall–Kier alpha value is -2.20. The van der Waals surface area contributed by atoms with E-state index in [9.17, 15) is 19.2 Å². The van der Waals surface area contributed by atoms with Gasteiger partial charge in [-0.3, -0.25) is 19.2 Å². The fourth-order valence-corrected chi connectivity index (χ4v) is 4.93. The van der Waals surface area contributed by atoms with E-state index < -0.39 is 54.5 Å². The van der Waals surface area contributed by atoms with Gasteiger partial charge in [0.1, 0.15) is 18.8 Å². The fourth-order valence-electron chi connectivity index (χ4n) is 4.93. The SMILES string of the molecule is CCCCCCCCCCCCCCCCO[C@@H]1O[C@H](COC(C)=O)[C@H](OC(C)=O)[C@H](OC(C)=O)[C@@H]1NC(C)=O. The van der Waals surface area contributed by atoms with Crippen molar-refractivity contribution >= 4 is 23.8 Å². The molecular formula is C30H53NO9. The third-order valence-electron chi connectivity index (χ3n) is 6.85. The van der Waals surface area contributed by atoms with Crippen LogP contribution in [0.15, 0.2) is 0 Å². The highest BCUT2D eigenvalue weighted by Crippen LogP contribution is 2.28. The van der Waals surface area contributed by atoms with Crippen LogP contribution in [0.25, 0.3) is 0 Å². The lowest BCUT2D eigenvalue weighted by Gasteiger charge is -2.44. The number of hydrogen-bond acceptors (Lipinski definition) is 9. The number of rotatable bonds is 21. The molecule has 40 heavy (non-hydrogen) atoms. The Kier molecular flexibility index (Phi) is 19.3. The number of ether oxygens (including phenoxy) is 5. The van der Waals surface area contributed by atoms with Crippen LogP contribution in [0.3, 0.4) is 0 Å². The third-order valence-corrected chi connectivity index (χ3v) is 6.85. The molecule has 1 amide bonds. The van der Waals surface area contributed by atoms with Gasteiger partial charge < -0.3 is 29.0 Å². The van der Waals surface area contributed by atoms with Gasteiger partial charge >= 0.3 is 17.9 Å². The minimum Gasteiger partial charge on any atom is -0.463 e. The molecule has 1 aliphatic rings. The predicted octanol–water partition coefficient (Wildman–Crippen LogP) is 5.14. The number of esters is 3. The molecule has 0 aliphatic carbocycles. The van der Waals surface area contributed by atoms with Crippen LogP contribution in [-0.4, -0.2) is 67.7 Å². The van der Waals surface area contributed by atoms with Crippen LogP contribution in [-0.2, 0) is 42.9 Å². The predicted molar refractivity (Wildman–Crippen MR) is 150 cm³/mol. The molecule has 1 aliphatic heterocycles. The molecule has 10 nitrogen and oxygen atoms in total. The normalized spacial score (nSPS) is 22.4. The van der Waals surface area contributed by atoms with Crippen molar-refractivity contribution in [1.29, 1.82) is 0 Å². The molecular weight excluding hydrogens is 518 g/mol. The smallest absolute Gasteiger partial charge is 0.303 e. The maximum atomic E-state index is 12.0. The van der Waals surface area contributed by atoms with Gasteiger partial charge in [0.05, 0.1) is 0 Å². The Labute approximate surface area is 240 Å². The highest BCUT2D eigenvalue weighted by Gasteiger charge is 2.51. The van der Waals surface area contributed by atoms with Crippen molar-refractivity contribution in [2.45, 2.75) is 155 Å². The second-order valence-electron chi connectivity index (χ2n) is 10.7. The lowest BCUT2D eigenvalue weighted by atomic mass is 9.96. The maximum Gasteiger partial charge on any atom is 0.303 e. The monoisotopic (exact) mass is 571 g/mol. The van der Waals surface area contributed by atoms with E-state index in [-0.39, 0.29) is 6.61 Å². The van der Waals surface area contributed by atoms with E-state index in [1.165, 1.54) is 98.3 Å². The van der Waals surface area contributed by atoms with Crippen LogP contribution >= 0.6 is 0 Å². The van der Waals surface area contributed by atoms with E-state index in [1.807, 2.05) is 0 Å². The number of hydrogen-bond donors (Lipinski definition) is 1. The van der Waals surface area contributed by atoms with E-state index in [0.29, 0.717) is 6.61 Å². The summed E-state index contributed by atoms with van der Waals surface area (Å²) < 4.78 is 28.0. The zero-order chi connectivity index (χ0) is 29.8.